The third-order valence-electron chi connectivity index (χ3n) is 7.23. The van der Waals surface area contributed by atoms with Gasteiger partial charge >= 0.3 is 0 Å². The Labute approximate surface area is 143 Å². The van der Waals surface area contributed by atoms with E-state index in [1.807, 2.05) is 0 Å². The van der Waals surface area contributed by atoms with E-state index in [4.69, 9.17) is 0 Å². The second-order valence-corrected chi connectivity index (χ2v) is 8.31. The maximum atomic E-state index is 11.2. The molecule has 0 amide bonds. The SMILES string of the molecule is CCC12CN3CC(CC)(CN(C1)C3c1c[nH]c3ccccc13)C2O. The van der Waals surface area contributed by atoms with Gasteiger partial charge < -0.3 is 10.1 Å². The van der Waals surface area contributed by atoms with Crippen LogP contribution >= 0.6 is 0 Å². The average Bonchev–Trinajstić information content (AvgIpc) is 3.02. The zero-order chi connectivity index (χ0) is 16.5. The molecule has 2 aromatic rings. The molecule has 5 heterocycles. The van der Waals surface area contributed by atoms with Crippen molar-refractivity contribution in [3.8, 4) is 0 Å². The van der Waals surface area contributed by atoms with Crippen LogP contribution in [0.4, 0.5) is 0 Å². The van der Waals surface area contributed by atoms with Crippen LogP contribution in [0.3, 0.4) is 0 Å². The maximum Gasteiger partial charge on any atom is 0.0907 e. The highest BCUT2D eigenvalue weighted by atomic mass is 16.3. The van der Waals surface area contributed by atoms with Crippen LogP contribution in [0.5, 0.6) is 0 Å². The lowest BCUT2D eigenvalue weighted by atomic mass is 9.57. The van der Waals surface area contributed by atoms with Gasteiger partial charge in [0.05, 0.1) is 12.3 Å². The molecule has 0 aliphatic carbocycles. The third-order valence-corrected chi connectivity index (χ3v) is 7.23. The van der Waals surface area contributed by atoms with Crippen molar-refractivity contribution >= 4 is 10.9 Å². The number of hydrogen-bond acceptors (Lipinski definition) is 3. The molecule has 2 N–H and O–H groups in total. The molecule has 6 rings (SSSR count). The standard InChI is InChI=1S/C20H27N3O/c1-3-19-10-22-12-20(4-2,18(19)24)13-23(11-19)17(22)15-9-21-16-8-6-5-7-14(15)16/h5-9,17-18,21,24H,3-4,10-13H2,1-2H3. The first-order valence-electron chi connectivity index (χ1n) is 9.35. The summed E-state index contributed by atoms with van der Waals surface area (Å²) in [5.74, 6) is 0. The zero-order valence-electron chi connectivity index (χ0n) is 14.6. The molecule has 0 saturated carbocycles. The first kappa shape index (κ1) is 14.9. The fourth-order valence-electron chi connectivity index (χ4n) is 5.94. The molecule has 24 heavy (non-hydrogen) atoms. The maximum absolute atomic E-state index is 11.2. The number of aromatic amines is 1. The van der Waals surface area contributed by atoms with Crippen molar-refractivity contribution in [3.63, 3.8) is 0 Å². The quantitative estimate of drug-likeness (QED) is 0.912. The summed E-state index contributed by atoms with van der Waals surface area (Å²) in [5.41, 5.74) is 2.72. The Bertz CT molecular complexity index is 742. The van der Waals surface area contributed by atoms with Crippen LogP contribution in [0.1, 0.15) is 38.4 Å². The molecule has 0 unspecified atom stereocenters. The van der Waals surface area contributed by atoms with Gasteiger partial charge in [-0.3, -0.25) is 9.80 Å². The number of hydrogen-bond donors (Lipinski definition) is 2. The fraction of sp³-hybridized carbons (Fsp3) is 0.600. The predicted molar refractivity (Wildman–Crippen MR) is 95.6 cm³/mol. The predicted octanol–water partition coefficient (Wildman–Crippen LogP) is 2.97. The molecule has 4 bridgehead atoms. The fourth-order valence-corrected chi connectivity index (χ4v) is 5.94. The Morgan fingerprint density at radius 1 is 1.04 bits per heavy atom. The second-order valence-electron chi connectivity index (χ2n) is 8.31. The summed E-state index contributed by atoms with van der Waals surface area (Å²) in [6.07, 6.45) is 4.52. The average molecular weight is 325 g/mol. The van der Waals surface area contributed by atoms with Crippen molar-refractivity contribution in [3.05, 3.63) is 36.0 Å². The van der Waals surface area contributed by atoms with Gasteiger partial charge in [-0.1, -0.05) is 32.0 Å². The molecule has 4 nitrogen and oxygen atoms in total. The molecule has 128 valence electrons. The van der Waals surface area contributed by atoms with Gasteiger partial charge in [-0.25, -0.2) is 0 Å². The molecular formula is C20H27N3O. The van der Waals surface area contributed by atoms with Crippen LogP contribution in [-0.4, -0.2) is 52.2 Å². The van der Waals surface area contributed by atoms with Gasteiger partial charge in [0.25, 0.3) is 0 Å². The molecule has 4 fully saturated rings. The Kier molecular flexibility index (Phi) is 3.01. The van der Waals surface area contributed by atoms with Crippen molar-refractivity contribution in [1.82, 2.24) is 14.8 Å². The number of benzene rings is 1. The largest absolute Gasteiger partial charge is 0.392 e. The van der Waals surface area contributed by atoms with Crippen molar-refractivity contribution in [2.75, 3.05) is 26.2 Å². The van der Waals surface area contributed by atoms with Crippen molar-refractivity contribution < 1.29 is 5.11 Å². The summed E-state index contributed by atoms with van der Waals surface area (Å²) >= 11 is 0. The minimum atomic E-state index is -0.156. The molecular weight excluding hydrogens is 298 g/mol. The first-order chi connectivity index (χ1) is 11.6. The highest BCUT2D eigenvalue weighted by Crippen LogP contribution is 2.57. The van der Waals surface area contributed by atoms with Gasteiger partial charge in [0, 0.05) is 59.7 Å². The van der Waals surface area contributed by atoms with Crippen LogP contribution in [0.15, 0.2) is 30.5 Å². The number of piperidine rings is 2. The molecule has 4 saturated heterocycles. The molecule has 4 heteroatoms. The minimum Gasteiger partial charge on any atom is -0.392 e. The monoisotopic (exact) mass is 325 g/mol. The zero-order valence-corrected chi connectivity index (χ0v) is 14.6. The molecule has 1 aromatic heterocycles. The lowest BCUT2D eigenvalue weighted by Gasteiger charge is -2.69. The van der Waals surface area contributed by atoms with E-state index >= 15 is 0 Å². The molecule has 0 spiro atoms. The Hall–Kier alpha value is -1.36. The van der Waals surface area contributed by atoms with Crippen molar-refractivity contribution in [2.45, 2.75) is 39.0 Å². The number of nitrogens with one attached hydrogen (secondary N) is 1. The number of fused-ring (bicyclic) bond motifs is 1. The summed E-state index contributed by atoms with van der Waals surface area (Å²) in [4.78, 5) is 8.73. The lowest BCUT2D eigenvalue weighted by molar-refractivity contribution is -0.266. The van der Waals surface area contributed by atoms with Crippen molar-refractivity contribution in [1.29, 1.82) is 0 Å². The number of aromatic nitrogens is 1. The number of H-pyrrole nitrogens is 1. The van der Waals surface area contributed by atoms with E-state index < -0.39 is 0 Å². The number of para-hydroxylation sites is 1. The Morgan fingerprint density at radius 3 is 2.21 bits per heavy atom. The summed E-state index contributed by atoms with van der Waals surface area (Å²) in [6.45, 7) is 8.59. The van der Waals surface area contributed by atoms with E-state index in [-0.39, 0.29) is 16.9 Å². The van der Waals surface area contributed by atoms with Gasteiger partial charge in [-0.2, -0.15) is 0 Å². The van der Waals surface area contributed by atoms with Gasteiger partial charge in [0.1, 0.15) is 0 Å². The topological polar surface area (TPSA) is 42.5 Å². The van der Waals surface area contributed by atoms with Crippen LogP contribution in [-0.2, 0) is 0 Å². The normalized spacial score (nSPS) is 43.6. The van der Waals surface area contributed by atoms with E-state index in [9.17, 15) is 5.11 Å². The van der Waals surface area contributed by atoms with Crippen LogP contribution in [0.25, 0.3) is 10.9 Å². The van der Waals surface area contributed by atoms with Gasteiger partial charge in [0.2, 0.25) is 0 Å². The highest BCUT2D eigenvalue weighted by molar-refractivity contribution is 5.83. The summed E-state index contributed by atoms with van der Waals surface area (Å²) in [5, 5.41) is 12.5. The van der Waals surface area contributed by atoms with E-state index in [0.29, 0.717) is 6.17 Å². The Balaban J connectivity index is 1.61. The van der Waals surface area contributed by atoms with Crippen molar-refractivity contribution in [2.24, 2.45) is 10.8 Å². The molecule has 0 atom stereocenters. The summed E-state index contributed by atoms with van der Waals surface area (Å²) in [7, 11) is 0. The van der Waals surface area contributed by atoms with Crippen LogP contribution < -0.4 is 0 Å². The van der Waals surface area contributed by atoms with Crippen LogP contribution in [0, 0.1) is 10.8 Å². The number of aliphatic hydroxyl groups excluding tert-OH is 1. The van der Waals surface area contributed by atoms with E-state index in [1.54, 1.807) is 0 Å². The summed E-state index contributed by atoms with van der Waals surface area (Å²) in [6, 6.07) is 8.61. The molecule has 4 aliphatic heterocycles. The van der Waals surface area contributed by atoms with Gasteiger partial charge in [0.15, 0.2) is 0 Å². The smallest absolute Gasteiger partial charge is 0.0907 e. The highest BCUT2D eigenvalue weighted by Gasteiger charge is 2.64. The molecule has 1 aromatic carbocycles. The Morgan fingerprint density at radius 2 is 1.62 bits per heavy atom. The van der Waals surface area contributed by atoms with Crippen LogP contribution in [0.2, 0.25) is 0 Å². The first-order valence-corrected chi connectivity index (χ1v) is 9.35. The third kappa shape index (κ3) is 1.69. The molecule has 4 aliphatic rings. The number of nitrogens with zero attached hydrogens (tertiary/aromatic N) is 2. The van der Waals surface area contributed by atoms with Gasteiger partial charge in [-0.05, 0) is 18.9 Å². The minimum absolute atomic E-state index is 0.0507. The number of rotatable bonds is 3. The van der Waals surface area contributed by atoms with E-state index in [0.717, 1.165) is 39.0 Å². The lowest BCUT2D eigenvalue weighted by Crippen LogP contribution is -2.78. The summed E-state index contributed by atoms with van der Waals surface area (Å²) < 4.78 is 0. The number of aliphatic hydroxyl groups is 1. The molecule has 0 radical (unpaired) electrons. The van der Waals surface area contributed by atoms with E-state index in [1.165, 1.54) is 16.5 Å². The second kappa shape index (κ2) is 4.84. The van der Waals surface area contributed by atoms with E-state index in [2.05, 4.69) is 59.1 Å². The van der Waals surface area contributed by atoms with Gasteiger partial charge in [-0.15, -0.1) is 0 Å².